The Morgan fingerprint density at radius 2 is 1.62 bits per heavy atom. The van der Waals surface area contributed by atoms with Crippen LogP contribution in [0.15, 0.2) is 48.5 Å². The van der Waals surface area contributed by atoms with Gasteiger partial charge in [0.15, 0.2) is 0 Å². The van der Waals surface area contributed by atoms with Crippen molar-refractivity contribution in [3.05, 3.63) is 59.7 Å². The van der Waals surface area contributed by atoms with Gasteiger partial charge in [0, 0.05) is 18.4 Å². The van der Waals surface area contributed by atoms with Gasteiger partial charge >= 0.3 is 12.1 Å². The Morgan fingerprint density at radius 1 is 1.00 bits per heavy atom. The zero-order valence-corrected chi connectivity index (χ0v) is 19.6. The third kappa shape index (κ3) is 5.24. The number of aliphatic carboxylic acids is 1. The molecule has 2 aliphatic carbocycles. The molecule has 180 valence electrons. The van der Waals surface area contributed by atoms with Crippen molar-refractivity contribution in [2.45, 2.75) is 57.5 Å². The molecule has 0 aliphatic heterocycles. The highest BCUT2D eigenvalue weighted by atomic mass is 16.5. The number of benzene rings is 2. The van der Waals surface area contributed by atoms with Gasteiger partial charge in [-0.25, -0.2) is 4.79 Å². The van der Waals surface area contributed by atoms with Gasteiger partial charge in [0.25, 0.3) is 0 Å². The van der Waals surface area contributed by atoms with Gasteiger partial charge in [-0.3, -0.25) is 9.59 Å². The average Bonchev–Trinajstić information content (AvgIpc) is 3.37. The Labute approximate surface area is 199 Å². The number of carbonyl (C=O) groups is 3. The lowest BCUT2D eigenvalue weighted by molar-refractivity contribution is -0.138. The number of ether oxygens (including phenoxy) is 1. The zero-order chi connectivity index (χ0) is 24.2. The summed E-state index contributed by atoms with van der Waals surface area (Å²) in [5.41, 5.74) is 4.58. The average molecular weight is 465 g/mol. The largest absolute Gasteiger partial charge is 0.481 e. The van der Waals surface area contributed by atoms with Crippen LogP contribution < -0.4 is 10.6 Å². The molecule has 2 aromatic rings. The van der Waals surface area contributed by atoms with E-state index < -0.39 is 18.1 Å². The normalized spacial score (nSPS) is 19.9. The number of carboxylic acids is 1. The van der Waals surface area contributed by atoms with Crippen molar-refractivity contribution in [3.63, 3.8) is 0 Å². The van der Waals surface area contributed by atoms with Crippen LogP contribution in [-0.4, -0.2) is 41.8 Å². The van der Waals surface area contributed by atoms with Crippen molar-refractivity contribution < 1.29 is 24.2 Å². The molecule has 7 heteroatoms. The number of amides is 2. The Kier molecular flexibility index (Phi) is 7.20. The van der Waals surface area contributed by atoms with Crippen LogP contribution in [0.25, 0.3) is 11.1 Å². The molecule has 0 bridgehead atoms. The van der Waals surface area contributed by atoms with Crippen LogP contribution in [0.1, 0.15) is 56.6 Å². The highest BCUT2D eigenvalue weighted by Gasteiger charge is 2.32. The highest BCUT2D eigenvalue weighted by molar-refractivity contribution is 5.86. The van der Waals surface area contributed by atoms with Gasteiger partial charge < -0.3 is 20.5 Å². The highest BCUT2D eigenvalue weighted by Crippen LogP contribution is 2.44. The maximum atomic E-state index is 12.9. The monoisotopic (exact) mass is 464 g/mol. The minimum absolute atomic E-state index is 0.0471. The van der Waals surface area contributed by atoms with Gasteiger partial charge in [-0.1, -0.05) is 62.4 Å². The quantitative estimate of drug-likeness (QED) is 0.540. The van der Waals surface area contributed by atoms with E-state index in [0.29, 0.717) is 6.42 Å². The number of nitrogens with one attached hydrogen (secondary N) is 2. The lowest BCUT2D eigenvalue weighted by Gasteiger charge is -2.24. The minimum atomic E-state index is -0.811. The summed E-state index contributed by atoms with van der Waals surface area (Å²) in [6, 6.07) is 15.5. The molecule has 2 aliphatic rings. The van der Waals surface area contributed by atoms with Crippen molar-refractivity contribution in [1.82, 2.24) is 10.6 Å². The van der Waals surface area contributed by atoms with Gasteiger partial charge in [-0.15, -0.1) is 0 Å². The van der Waals surface area contributed by atoms with Crippen LogP contribution >= 0.6 is 0 Å². The third-order valence-corrected chi connectivity index (χ3v) is 6.92. The minimum Gasteiger partial charge on any atom is -0.481 e. The molecule has 0 unspecified atom stereocenters. The van der Waals surface area contributed by atoms with Gasteiger partial charge in [0.05, 0.1) is 0 Å². The summed E-state index contributed by atoms with van der Waals surface area (Å²) in [4.78, 5) is 36.5. The van der Waals surface area contributed by atoms with Gasteiger partial charge in [0.2, 0.25) is 5.91 Å². The Hall–Kier alpha value is -3.35. The van der Waals surface area contributed by atoms with E-state index in [9.17, 15) is 14.4 Å². The van der Waals surface area contributed by atoms with Gasteiger partial charge in [-0.05, 0) is 53.4 Å². The van der Waals surface area contributed by atoms with E-state index in [4.69, 9.17) is 9.84 Å². The third-order valence-electron chi connectivity index (χ3n) is 6.92. The van der Waals surface area contributed by atoms with Crippen molar-refractivity contribution in [2.24, 2.45) is 11.8 Å². The standard InChI is InChI=1S/C27H32N2O5/c1-16(2)25(26(32)28-18-12-11-17(13-18)14-24(30)31)29-27(33)34-15-23-21-9-5-3-7-19(21)20-8-4-6-10-22(20)23/h3-10,16-18,23,25H,11-15H2,1-2H3,(H,28,32)(H,29,33)(H,30,31)/t17-,18+,25+/m0/s1. The molecule has 3 atom stereocenters. The summed E-state index contributed by atoms with van der Waals surface area (Å²) in [7, 11) is 0. The van der Waals surface area contributed by atoms with Crippen molar-refractivity contribution in [1.29, 1.82) is 0 Å². The van der Waals surface area contributed by atoms with Crippen LogP contribution in [0.2, 0.25) is 0 Å². The number of rotatable bonds is 8. The first kappa shape index (κ1) is 23.8. The van der Waals surface area contributed by atoms with Gasteiger partial charge in [-0.2, -0.15) is 0 Å². The van der Waals surface area contributed by atoms with E-state index in [1.165, 1.54) is 0 Å². The van der Waals surface area contributed by atoms with Crippen LogP contribution in [0.4, 0.5) is 4.79 Å². The molecule has 0 spiro atoms. The molecule has 0 aromatic heterocycles. The van der Waals surface area contributed by atoms with E-state index in [0.717, 1.165) is 35.1 Å². The SMILES string of the molecule is CC(C)[C@@H](NC(=O)OCC1c2ccccc2-c2ccccc21)C(=O)N[C@@H]1CC[C@H](CC(=O)O)C1. The Morgan fingerprint density at radius 3 is 2.21 bits per heavy atom. The number of hydrogen-bond donors (Lipinski definition) is 3. The van der Waals surface area contributed by atoms with E-state index in [-0.39, 0.29) is 42.7 Å². The second-order valence-electron chi connectivity index (χ2n) is 9.67. The molecule has 4 rings (SSSR count). The van der Waals surface area contributed by atoms with Crippen LogP contribution in [0, 0.1) is 11.8 Å². The summed E-state index contributed by atoms with van der Waals surface area (Å²) < 4.78 is 5.61. The zero-order valence-electron chi connectivity index (χ0n) is 19.6. The predicted octanol–water partition coefficient (Wildman–Crippen LogP) is 4.31. The van der Waals surface area contributed by atoms with E-state index in [2.05, 4.69) is 34.9 Å². The molecule has 1 saturated carbocycles. The molecule has 0 heterocycles. The van der Waals surface area contributed by atoms with E-state index >= 15 is 0 Å². The molecule has 2 aromatic carbocycles. The van der Waals surface area contributed by atoms with Gasteiger partial charge in [0.1, 0.15) is 12.6 Å². The van der Waals surface area contributed by atoms with E-state index in [1.54, 1.807) is 0 Å². The van der Waals surface area contributed by atoms with E-state index in [1.807, 2.05) is 38.1 Å². The number of hydrogen-bond acceptors (Lipinski definition) is 4. The fraction of sp³-hybridized carbons (Fsp3) is 0.444. The van der Waals surface area contributed by atoms with Crippen LogP contribution in [0.5, 0.6) is 0 Å². The molecule has 2 amide bonds. The summed E-state index contributed by atoms with van der Waals surface area (Å²) >= 11 is 0. The molecule has 34 heavy (non-hydrogen) atoms. The van der Waals surface area contributed by atoms with Crippen molar-refractivity contribution in [2.75, 3.05) is 6.61 Å². The van der Waals surface area contributed by atoms with Crippen LogP contribution in [-0.2, 0) is 14.3 Å². The van der Waals surface area contributed by atoms with Crippen LogP contribution in [0.3, 0.4) is 0 Å². The molecule has 0 radical (unpaired) electrons. The maximum Gasteiger partial charge on any atom is 0.407 e. The number of fused-ring (bicyclic) bond motifs is 3. The molecular weight excluding hydrogens is 432 g/mol. The van der Waals surface area contributed by atoms with Crippen molar-refractivity contribution >= 4 is 18.0 Å². The lowest BCUT2D eigenvalue weighted by atomic mass is 9.98. The lowest BCUT2D eigenvalue weighted by Crippen LogP contribution is -2.52. The molecule has 1 fully saturated rings. The summed E-state index contributed by atoms with van der Waals surface area (Å²) in [6.07, 6.45) is 1.68. The molecule has 7 nitrogen and oxygen atoms in total. The second kappa shape index (κ2) is 10.3. The topological polar surface area (TPSA) is 105 Å². The first-order valence-electron chi connectivity index (χ1n) is 12.0. The smallest absolute Gasteiger partial charge is 0.407 e. The Balaban J connectivity index is 1.34. The Bertz CT molecular complexity index is 1020. The molecular formula is C27H32N2O5. The first-order chi connectivity index (χ1) is 16.3. The summed E-state index contributed by atoms with van der Waals surface area (Å²) in [6.45, 7) is 3.93. The summed E-state index contributed by atoms with van der Waals surface area (Å²) in [5.74, 6) is -1.17. The maximum absolute atomic E-state index is 12.9. The second-order valence-corrected chi connectivity index (χ2v) is 9.67. The predicted molar refractivity (Wildman–Crippen MR) is 128 cm³/mol. The fourth-order valence-corrected chi connectivity index (χ4v) is 5.23. The number of carbonyl (C=O) groups excluding carboxylic acids is 2. The number of carboxylic acid groups (broad SMARTS) is 1. The summed E-state index contributed by atoms with van der Waals surface area (Å²) in [5, 5.41) is 14.7. The van der Waals surface area contributed by atoms with Crippen molar-refractivity contribution in [3.8, 4) is 11.1 Å². The number of alkyl carbamates (subject to hydrolysis) is 1. The fourth-order valence-electron chi connectivity index (χ4n) is 5.23. The molecule has 3 N–H and O–H groups in total. The molecule has 0 saturated heterocycles. The first-order valence-corrected chi connectivity index (χ1v) is 12.0.